The molecule has 3 rings (SSSR count). The van der Waals surface area contributed by atoms with E-state index in [1.807, 2.05) is 24.3 Å². The van der Waals surface area contributed by atoms with Crippen LogP contribution in [0.1, 0.15) is 37.9 Å². The van der Waals surface area contributed by atoms with Gasteiger partial charge in [0.1, 0.15) is 5.82 Å². The number of hydrogen-bond acceptors (Lipinski definition) is 3. The minimum absolute atomic E-state index is 0.0155. The lowest BCUT2D eigenvalue weighted by atomic mass is 9.82. The summed E-state index contributed by atoms with van der Waals surface area (Å²) in [5.74, 6) is 0.879. The fourth-order valence-electron chi connectivity index (χ4n) is 3.00. The largest absolute Gasteiger partial charge is 0.354 e. The number of rotatable bonds is 4. The maximum absolute atomic E-state index is 12.2. The second-order valence-corrected chi connectivity index (χ2v) is 5.92. The van der Waals surface area contributed by atoms with Crippen LogP contribution >= 0.6 is 0 Å². The van der Waals surface area contributed by atoms with Crippen molar-refractivity contribution in [3.63, 3.8) is 0 Å². The highest BCUT2D eigenvalue weighted by atomic mass is 16.2. The van der Waals surface area contributed by atoms with Crippen molar-refractivity contribution in [1.29, 1.82) is 0 Å². The van der Waals surface area contributed by atoms with Crippen molar-refractivity contribution < 1.29 is 4.79 Å². The summed E-state index contributed by atoms with van der Waals surface area (Å²) in [4.78, 5) is 20.0. The number of amides is 1. The molecule has 0 aliphatic heterocycles. The van der Waals surface area contributed by atoms with Crippen molar-refractivity contribution in [1.82, 2.24) is 15.3 Å². The molecule has 0 radical (unpaired) electrons. The second-order valence-electron chi connectivity index (χ2n) is 5.92. The van der Waals surface area contributed by atoms with Crippen molar-refractivity contribution in [2.24, 2.45) is 5.73 Å². The molecule has 5 heteroatoms. The first-order valence-corrected chi connectivity index (χ1v) is 7.68. The zero-order chi connectivity index (χ0) is 14.7. The maximum Gasteiger partial charge on any atom is 0.240 e. The van der Waals surface area contributed by atoms with E-state index in [0.29, 0.717) is 13.0 Å². The molecule has 5 nitrogen and oxygen atoms in total. The zero-order valence-electron chi connectivity index (χ0n) is 12.2. The van der Waals surface area contributed by atoms with Gasteiger partial charge in [0.15, 0.2) is 0 Å². The average molecular weight is 286 g/mol. The highest BCUT2D eigenvalue weighted by molar-refractivity contribution is 5.86. The van der Waals surface area contributed by atoms with Gasteiger partial charge in [-0.3, -0.25) is 4.79 Å². The van der Waals surface area contributed by atoms with Gasteiger partial charge in [0, 0.05) is 13.0 Å². The Morgan fingerprint density at radius 1 is 1.29 bits per heavy atom. The molecule has 1 aromatic heterocycles. The molecule has 4 N–H and O–H groups in total. The Hall–Kier alpha value is -1.88. The summed E-state index contributed by atoms with van der Waals surface area (Å²) in [5, 5.41) is 2.96. The summed E-state index contributed by atoms with van der Waals surface area (Å²) in [6, 6.07) is 7.93. The lowest BCUT2D eigenvalue weighted by Gasteiger charge is -2.31. The molecule has 0 bridgehead atoms. The second kappa shape index (κ2) is 5.85. The van der Waals surface area contributed by atoms with E-state index in [1.54, 1.807) is 0 Å². The van der Waals surface area contributed by atoms with Gasteiger partial charge < -0.3 is 16.0 Å². The highest BCUT2D eigenvalue weighted by Gasteiger charge is 2.34. The van der Waals surface area contributed by atoms with Gasteiger partial charge >= 0.3 is 0 Å². The molecule has 0 unspecified atom stereocenters. The molecule has 0 spiro atoms. The number of benzene rings is 1. The minimum atomic E-state index is -0.661. The Bertz CT molecular complexity index is 595. The molecule has 1 fully saturated rings. The number of carbonyl (C=O) groups is 1. The molecule has 1 amide bonds. The molecule has 1 heterocycles. The number of aromatic nitrogens is 2. The maximum atomic E-state index is 12.2. The fraction of sp³-hybridized carbons (Fsp3) is 0.500. The van der Waals surface area contributed by atoms with E-state index in [-0.39, 0.29) is 5.91 Å². The Labute approximate surface area is 124 Å². The van der Waals surface area contributed by atoms with Gasteiger partial charge in [0.2, 0.25) is 5.91 Å². The molecule has 21 heavy (non-hydrogen) atoms. The Balaban J connectivity index is 1.54. The number of aromatic amines is 1. The van der Waals surface area contributed by atoms with Gasteiger partial charge in [-0.2, -0.15) is 0 Å². The van der Waals surface area contributed by atoms with Crippen LogP contribution in [0.5, 0.6) is 0 Å². The van der Waals surface area contributed by atoms with Gasteiger partial charge in [0.25, 0.3) is 0 Å². The van der Waals surface area contributed by atoms with Gasteiger partial charge in [-0.15, -0.1) is 0 Å². The SMILES string of the molecule is NC1(C(=O)NCCc2nc3ccccc3[nH]2)CCCCC1. The van der Waals surface area contributed by atoms with E-state index in [0.717, 1.165) is 42.5 Å². The van der Waals surface area contributed by atoms with Crippen molar-refractivity contribution in [3.8, 4) is 0 Å². The van der Waals surface area contributed by atoms with Gasteiger partial charge in [-0.25, -0.2) is 4.98 Å². The van der Waals surface area contributed by atoms with Crippen LogP contribution in [0.4, 0.5) is 0 Å². The fourth-order valence-corrected chi connectivity index (χ4v) is 3.00. The Morgan fingerprint density at radius 3 is 2.81 bits per heavy atom. The molecule has 1 aliphatic carbocycles. The van der Waals surface area contributed by atoms with E-state index in [1.165, 1.54) is 6.42 Å². The van der Waals surface area contributed by atoms with E-state index in [9.17, 15) is 4.79 Å². The van der Waals surface area contributed by atoms with Crippen LogP contribution in [-0.4, -0.2) is 28.0 Å². The van der Waals surface area contributed by atoms with Crippen molar-refractivity contribution >= 4 is 16.9 Å². The van der Waals surface area contributed by atoms with E-state index >= 15 is 0 Å². The third-order valence-corrected chi connectivity index (χ3v) is 4.28. The van der Waals surface area contributed by atoms with Crippen molar-refractivity contribution in [2.75, 3.05) is 6.54 Å². The summed E-state index contributed by atoms with van der Waals surface area (Å²) >= 11 is 0. The van der Waals surface area contributed by atoms with E-state index in [2.05, 4.69) is 15.3 Å². The van der Waals surface area contributed by atoms with Gasteiger partial charge in [-0.05, 0) is 25.0 Å². The first-order chi connectivity index (χ1) is 10.2. The topological polar surface area (TPSA) is 83.8 Å². The number of hydrogen-bond donors (Lipinski definition) is 3. The number of imidazole rings is 1. The van der Waals surface area contributed by atoms with Crippen LogP contribution in [0, 0.1) is 0 Å². The Kier molecular flexibility index (Phi) is 3.92. The highest BCUT2D eigenvalue weighted by Crippen LogP contribution is 2.25. The molecular weight excluding hydrogens is 264 g/mol. The molecule has 1 aliphatic rings. The lowest BCUT2D eigenvalue weighted by Crippen LogP contribution is -2.55. The molecule has 0 atom stereocenters. The van der Waals surface area contributed by atoms with Gasteiger partial charge in [0.05, 0.1) is 16.6 Å². The summed E-state index contributed by atoms with van der Waals surface area (Å²) < 4.78 is 0. The summed E-state index contributed by atoms with van der Waals surface area (Å²) in [6.07, 6.45) is 5.57. The summed E-state index contributed by atoms with van der Waals surface area (Å²) in [7, 11) is 0. The number of nitrogens with zero attached hydrogens (tertiary/aromatic N) is 1. The third-order valence-electron chi connectivity index (χ3n) is 4.28. The number of nitrogens with two attached hydrogens (primary N) is 1. The van der Waals surface area contributed by atoms with E-state index < -0.39 is 5.54 Å². The van der Waals surface area contributed by atoms with Gasteiger partial charge in [-0.1, -0.05) is 31.4 Å². The third kappa shape index (κ3) is 3.08. The first kappa shape index (κ1) is 14.1. The number of para-hydroxylation sites is 2. The standard InChI is InChI=1S/C16H22N4O/c17-16(9-4-1-5-10-16)15(21)18-11-8-14-19-12-6-2-3-7-13(12)20-14/h2-3,6-7H,1,4-5,8-11,17H2,(H,18,21)(H,19,20). The van der Waals surface area contributed by atoms with E-state index in [4.69, 9.17) is 5.73 Å². The van der Waals surface area contributed by atoms with Crippen LogP contribution < -0.4 is 11.1 Å². The van der Waals surface area contributed by atoms with Crippen LogP contribution in [0.15, 0.2) is 24.3 Å². The number of nitrogens with one attached hydrogen (secondary N) is 2. The molecular formula is C16H22N4O. The lowest BCUT2D eigenvalue weighted by molar-refractivity contribution is -0.127. The average Bonchev–Trinajstić information content (AvgIpc) is 2.90. The predicted octanol–water partition coefficient (Wildman–Crippen LogP) is 1.88. The number of fused-ring (bicyclic) bond motifs is 1. The number of H-pyrrole nitrogens is 1. The summed E-state index contributed by atoms with van der Waals surface area (Å²) in [6.45, 7) is 0.567. The molecule has 112 valence electrons. The smallest absolute Gasteiger partial charge is 0.240 e. The van der Waals surface area contributed by atoms with Crippen LogP contribution in [0.25, 0.3) is 11.0 Å². The monoisotopic (exact) mass is 286 g/mol. The first-order valence-electron chi connectivity index (χ1n) is 7.68. The molecule has 1 saturated carbocycles. The predicted molar refractivity (Wildman–Crippen MR) is 82.8 cm³/mol. The zero-order valence-corrected chi connectivity index (χ0v) is 12.2. The van der Waals surface area contributed by atoms with Crippen molar-refractivity contribution in [3.05, 3.63) is 30.1 Å². The molecule has 1 aromatic carbocycles. The van der Waals surface area contributed by atoms with Crippen LogP contribution in [0.3, 0.4) is 0 Å². The summed E-state index contributed by atoms with van der Waals surface area (Å²) in [5.41, 5.74) is 7.54. The normalized spacial score (nSPS) is 17.8. The van der Waals surface area contributed by atoms with Crippen LogP contribution in [-0.2, 0) is 11.2 Å². The Morgan fingerprint density at radius 2 is 2.05 bits per heavy atom. The molecule has 0 saturated heterocycles. The quantitative estimate of drug-likeness (QED) is 0.802. The van der Waals surface area contributed by atoms with Crippen LogP contribution in [0.2, 0.25) is 0 Å². The van der Waals surface area contributed by atoms with Crippen molar-refractivity contribution in [2.45, 2.75) is 44.1 Å². The number of carbonyl (C=O) groups excluding carboxylic acids is 1. The molecule has 2 aromatic rings. The minimum Gasteiger partial charge on any atom is -0.354 e.